The van der Waals surface area contributed by atoms with E-state index >= 15 is 0 Å². The summed E-state index contributed by atoms with van der Waals surface area (Å²) in [5.41, 5.74) is 3.94. The maximum absolute atomic E-state index is 14.1. The zero-order valence-corrected chi connectivity index (χ0v) is 16.7. The molecule has 156 valence electrons. The van der Waals surface area contributed by atoms with Gasteiger partial charge in [-0.25, -0.2) is 9.18 Å². The Kier molecular flexibility index (Phi) is 4.49. The number of fused-ring (bicyclic) bond motifs is 2. The van der Waals surface area contributed by atoms with Gasteiger partial charge in [-0.2, -0.15) is 0 Å². The minimum absolute atomic E-state index is 0.0115. The summed E-state index contributed by atoms with van der Waals surface area (Å²) in [6.45, 7) is 4.76. The molecule has 8 heteroatoms. The van der Waals surface area contributed by atoms with Gasteiger partial charge in [-0.3, -0.25) is 4.79 Å². The van der Waals surface area contributed by atoms with Crippen molar-refractivity contribution in [2.24, 2.45) is 0 Å². The summed E-state index contributed by atoms with van der Waals surface area (Å²) in [4.78, 5) is 28.7. The molecule has 3 amide bonds. The van der Waals surface area contributed by atoms with Gasteiger partial charge < -0.3 is 25.8 Å². The molecule has 0 spiro atoms. The third-order valence-corrected chi connectivity index (χ3v) is 6.22. The van der Waals surface area contributed by atoms with Crippen LogP contribution in [0.5, 0.6) is 0 Å². The summed E-state index contributed by atoms with van der Waals surface area (Å²) < 4.78 is 14.1. The number of carbonyl (C=O) groups excluding carboxylic acids is 2. The molecule has 0 bridgehead atoms. The second-order valence-electron chi connectivity index (χ2n) is 8.14. The van der Waals surface area contributed by atoms with Crippen molar-refractivity contribution < 1.29 is 14.0 Å². The second kappa shape index (κ2) is 7.19. The number of piperazine rings is 1. The molecule has 5 rings (SSSR count). The monoisotopic (exact) mass is 409 g/mol. The molecule has 0 aromatic heterocycles. The molecule has 0 saturated carbocycles. The van der Waals surface area contributed by atoms with Crippen LogP contribution in [-0.4, -0.2) is 55.1 Å². The Morgan fingerprint density at radius 2 is 2.10 bits per heavy atom. The van der Waals surface area contributed by atoms with Gasteiger partial charge >= 0.3 is 6.03 Å². The number of rotatable bonds is 3. The maximum Gasteiger partial charge on any atom is 0.317 e. The van der Waals surface area contributed by atoms with Crippen LogP contribution in [0.25, 0.3) is 0 Å². The van der Waals surface area contributed by atoms with E-state index in [1.807, 2.05) is 36.1 Å². The van der Waals surface area contributed by atoms with E-state index in [1.165, 1.54) is 6.07 Å². The van der Waals surface area contributed by atoms with Gasteiger partial charge in [-0.05, 0) is 36.8 Å². The number of anilines is 3. The number of hydrogen-bond donors (Lipinski definition) is 3. The molecule has 3 heterocycles. The Labute approximate surface area is 174 Å². The summed E-state index contributed by atoms with van der Waals surface area (Å²) in [6.07, 6.45) is 0.332. The predicted molar refractivity (Wildman–Crippen MR) is 113 cm³/mol. The van der Waals surface area contributed by atoms with E-state index < -0.39 is 6.04 Å². The molecule has 2 fully saturated rings. The lowest BCUT2D eigenvalue weighted by molar-refractivity contribution is -0.116. The van der Waals surface area contributed by atoms with Crippen LogP contribution in [0.4, 0.5) is 26.2 Å². The normalized spacial score (nSPS) is 22.3. The van der Waals surface area contributed by atoms with Gasteiger partial charge in [-0.15, -0.1) is 0 Å². The Bertz CT molecular complexity index is 996. The van der Waals surface area contributed by atoms with E-state index in [0.717, 1.165) is 30.0 Å². The first-order valence-electron chi connectivity index (χ1n) is 10.2. The largest absolute Gasteiger partial charge is 0.373 e. The van der Waals surface area contributed by atoms with E-state index in [9.17, 15) is 14.0 Å². The smallest absolute Gasteiger partial charge is 0.317 e. The fraction of sp³-hybridized carbons (Fsp3) is 0.364. The minimum atomic E-state index is -0.502. The number of hydrogen-bond acceptors (Lipinski definition) is 4. The number of benzene rings is 2. The molecule has 30 heavy (non-hydrogen) atoms. The standard InChI is InChI=1S/C22H24FN5O2/c1-13-5-6-18(23)17-10-19(26-20(13)17)21(29)25-14-3-2-4-15(9-14)27-7-8-28-16(12-27)11-24-22(28)30/h2-6,9,16,19,26H,7-8,10-12H2,1H3,(H,24,30)(H,25,29). The van der Waals surface area contributed by atoms with E-state index in [1.54, 1.807) is 6.07 Å². The number of nitrogens with zero attached hydrogens (tertiary/aromatic N) is 2. The lowest BCUT2D eigenvalue weighted by Gasteiger charge is -2.37. The molecule has 2 saturated heterocycles. The molecule has 2 aromatic rings. The van der Waals surface area contributed by atoms with E-state index in [0.29, 0.717) is 30.8 Å². The van der Waals surface area contributed by atoms with Crippen molar-refractivity contribution in [3.05, 3.63) is 53.3 Å². The fourth-order valence-corrected chi connectivity index (χ4v) is 4.58. The maximum atomic E-state index is 14.1. The first-order valence-corrected chi connectivity index (χ1v) is 10.2. The van der Waals surface area contributed by atoms with Crippen LogP contribution in [-0.2, 0) is 11.2 Å². The van der Waals surface area contributed by atoms with E-state index in [-0.39, 0.29) is 23.8 Å². The highest BCUT2D eigenvalue weighted by molar-refractivity contribution is 5.98. The van der Waals surface area contributed by atoms with Crippen molar-refractivity contribution in [2.45, 2.75) is 25.4 Å². The van der Waals surface area contributed by atoms with Crippen molar-refractivity contribution in [3.63, 3.8) is 0 Å². The topological polar surface area (TPSA) is 76.7 Å². The average Bonchev–Trinajstić information content (AvgIpc) is 3.36. The van der Waals surface area contributed by atoms with Gasteiger partial charge in [0.15, 0.2) is 0 Å². The zero-order chi connectivity index (χ0) is 20.8. The molecular formula is C22H24FN5O2. The average molecular weight is 409 g/mol. The van der Waals surface area contributed by atoms with Gasteiger partial charge in [0.1, 0.15) is 11.9 Å². The van der Waals surface area contributed by atoms with Crippen molar-refractivity contribution >= 4 is 29.0 Å². The third kappa shape index (κ3) is 3.22. The van der Waals surface area contributed by atoms with Crippen molar-refractivity contribution in [3.8, 4) is 0 Å². The highest BCUT2D eigenvalue weighted by Crippen LogP contribution is 2.32. The number of halogens is 1. The highest BCUT2D eigenvalue weighted by atomic mass is 19.1. The quantitative estimate of drug-likeness (QED) is 0.727. The second-order valence-corrected chi connectivity index (χ2v) is 8.14. The molecule has 2 unspecified atom stereocenters. The van der Waals surface area contributed by atoms with Crippen LogP contribution in [0, 0.1) is 12.7 Å². The summed E-state index contributed by atoms with van der Waals surface area (Å²) >= 11 is 0. The Morgan fingerprint density at radius 3 is 2.93 bits per heavy atom. The van der Waals surface area contributed by atoms with Gasteiger partial charge in [0.2, 0.25) is 5.91 Å². The van der Waals surface area contributed by atoms with Crippen molar-refractivity contribution in [1.82, 2.24) is 10.2 Å². The molecule has 3 aliphatic rings. The number of carbonyl (C=O) groups is 2. The fourth-order valence-electron chi connectivity index (χ4n) is 4.58. The number of aryl methyl sites for hydroxylation is 1. The highest BCUT2D eigenvalue weighted by Gasteiger charge is 2.35. The van der Waals surface area contributed by atoms with Gasteiger partial charge in [0, 0.05) is 55.2 Å². The number of nitrogens with one attached hydrogen (secondary N) is 3. The molecule has 0 aliphatic carbocycles. The van der Waals surface area contributed by atoms with Crippen LogP contribution in [0.3, 0.4) is 0 Å². The Morgan fingerprint density at radius 1 is 1.23 bits per heavy atom. The lowest BCUT2D eigenvalue weighted by atomic mass is 10.1. The van der Waals surface area contributed by atoms with Gasteiger partial charge in [0.05, 0.1) is 6.04 Å². The van der Waals surface area contributed by atoms with Crippen LogP contribution in [0.15, 0.2) is 36.4 Å². The van der Waals surface area contributed by atoms with Crippen LogP contribution in [0.1, 0.15) is 11.1 Å². The minimum Gasteiger partial charge on any atom is -0.373 e. The lowest BCUT2D eigenvalue weighted by Crippen LogP contribution is -2.52. The molecular weight excluding hydrogens is 385 g/mol. The summed E-state index contributed by atoms with van der Waals surface area (Å²) in [6, 6.07) is 10.6. The van der Waals surface area contributed by atoms with Crippen LogP contribution < -0.4 is 20.9 Å². The zero-order valence-electron chi connectivity index (χ0n) is 16.7. The SMILES string of the molecule is Cc1ccc(F)c2c1NC(C(=O)Nc1cccc(N3CCN4C(=O)NCC4C3)c1)C2. The Balaban J connectivity index is 1.27. The first kappa shape index (κ1) is 18.7. The summed E-state index contributed by atoms with van der Waals surface area (Å²) in [7, 11) is 0. The predicted octanol–water partition coefficient (Wildman–Crippen LogP) is 2.32. The van der Waals surface area contributed by atoms with E-state index in [4.69, 9.17) is 0 Å². The molecule has 3 N–H and O–H groups in total. The molecule has 2 atom stereocenters. The van der Waals surface area contributed by atoms with Crippen LogP contribution >= 0.6 is 0 Å². The van der Waals surface area contributed by atoms with E-state index in [2.05, 4.69) is 20.9 Å². The van der Waals surface area contributed by atoms with Crippen molar-refractivity contribution in [2.75, 3.05) is 41.7 Å². The van der Waals surface area contributed by atoms with Crippen molar-refractivity contribution in [1.29, 1.82) is 0 Å². The first-order chi connectivity index (χ1) is 14.5. The molecule has 0 radical (unpaired) electrons. The number of urea groups is 1. The van der Waals surface area contributed by atoms with Gasteiger partial charge in [-0.1, -0.05) is 12.1 Å². The molecule has 2 aromatic carbocycles. The molecule has 7 nitrogen and oxygen atoms in total. The summed E-state index contributed by atoms with van der Waals surface area (Å²) in [5, 5.41) is 9.01. The number of amides is 3. The Hall–Kier alpha value is -3.29. The third-order valence-electron chi connectivity index (χ3n) is 6.22. The van der Waals surface area contributed by atoms with Crippen LogP contribution in [0.2, 0.25) is 0 Å². The molecule has 3 aliphatic heterocycles. The van der Waals surface area contributed by atoms with Gasteiger partial charge in [0.25, 0.3) is 0 Å². The summed E-state index contributed by atoms with van der Waals surface area (Å²) in [5.74, 6) is -0.461.